The SMILES string of the molecule is Nc1cc(O)c(O)c2c1C(=O)c1ccccc1C2=O. The number of benzene rings is 2. The van der Waals surface area contributed by atoms with E-state index in [1.165, 1.54) is 12.1 Å². The van der Waals surface area contributed by atoms with Gasteiger partial charge in [0.2, 0.25) is 0 Å². The Kier molecular flexibility index (Phi) is 2.13. The number of hydrogen-bond acceptors (Lipinski definition) is 5. The van der Waals surface area contributed by atoms with E-state index in [-0.39, 0.29) is 27.9 Å². The number of phenolic OH excluding ortho intramolecular Hbond substituents is 2. The molecular weight excluding hydrogens is 246 g/mol. The Labute approximate surface area is 107 Å². The number of ketones is 2. The second kappa shape index (κ2) is 3.58. The summed E-state index contributed by atoms with van der Waals surface area (Å²) < 4.78 is 0. The molecule has 4 N–H and O–H groups in total. The van der Waals surface area contributed by atoms with Gasteiger partial charge in [-0.05, 0) is 0 Å². The van der Waals surface area contributed by atoms with Gasteiger partial charge in [0.15, 0.2) is 23.1 Å². The van der Waals surface area contributed by atoms with Gasteiger partial charge in [-0.1, -0.05) is 24.3 Å². The van der Waals surface area contributed by atoms with Crippen LogP contribution in [-0.2, 0) is 0 Å². The summed E-state index contributed by atoms with van der Waals surface area (Å²) in [7, 11) is 0. The van der Waals surface area contributed by atoms with Crippen LogP contribution in [0.15, 0.2) is 30.3 Å². The fourth-order valence-corrected chi connectivity index (χ4v) is 2.29. The lowest BCUT2D eigenvalue weighted by molar-refractivity contribution is 0.0977. The van der Waals surface area contributed by atoms with Gasteiger partial charge in [0, 0.05) is 22.9 Å². The summed E-state index contributed by atoms with van der Waals surface area (Å²) in [6.07, 6.45) is 0. The van der Waals surface area contributed by atoms with E-state index < -0.39 is 23.1 Å². The molecule has 1 aliphatic rings. The van der Waals surface area contributed by atoms with Crippen LogP contribution in [0.25, 0.3) is 0 Å². The van der Waals surface area contributed by atoms with Gasteiger partial charge in [-0.25, -0.2) is 0 Å². The van der Waals surface area contributed by atoms with Gasteiger partial charge in [-0.15, -0.1) is 0 Å². The molecule has 0 heterocycles. The summed E-state index contributed by atoms with van der Waals surface area (Å²) in [5.74, 6) is -2.09. The van der Waals surface area contributed by atoms with Gasteiger partial charge >= 0.3 is 0 Å². The largest absolute Gasteiger partial charge is 0.504 e. The van der Waals surface area contributed by atoms with Gasteiger partial charge in [0.1, 0.15) is 0 Å². The van der Waals surface area contributed by atoms with Crippen LogP contribution in [0.3, 0.4) is 0 Å². The maximum atomic E-state index is 12.3. The molecule has 94 valence electrons. The van der Waals surface area contributed by atoms with Gasteiger partial charge in [-0.2, -0.15) is 0 Å². The number of carbonyl (C=O) groups is 2. The third-order valence-corrected chi connectivity index (χ3v) is 3.18. The van der Waals surface area contributed by atoms with E-state index in [1.807, 2.05) is 0 Å². The van der Waals surface area contributed by atoms with Crippen molar-refractivity contribution in [1.82, 2.24) is 0 Å². The minimum Gasteiger partial charge on any atom is -0.504 e. The minimum absolute atomic E-state index is 0.0295. The molecule has 5 nitrogen and oxygen atoms in total. The standard InChI is InChI=1S/C14H9NO4/c15-8-5-9(16)14(19)11-10(8)12(17)6-3-1-2-4-7(6)13(11)18/h1-5,16,19H,15H2. The Morgan fingerprint density at radius 1 is 0.895 bits per heavy atom. The van der Waals surface area contributed by atoms with Crippen molar-refractivity contribution in [1.29, 1.82) is 0 Å². The number of rotatable bonds is 0. The molecule has 0 bridgehead atoms. The molecule has 0 saturated carbocycles. The Morgan fingerprint density at radius 3 is 2.00 bits per heavy atom. The molecule has 0 saturated heterocycles. The second-order valence-electron chi connectivity index (χ2n) is 4.29. The quantitative estimate of drug-likeness (QED) is 0.320. The summed E-state index contributed by atoms with van der Waals surface area (Å²) in [6.45, 7) is 0. The first-order valence-electron chi connectivity index (χ1n) is 5.55. The number of nitrogen functional groups attached to an aromatic ring is 1. The summed E-state index contributed by atoms with van der Waals surface area (Å²) in [6, 6.07) is 7.36. The van der Waals surface area contributed by atoms with Crippen LogP contribution in [0.5, 0.6) is 11.5 Å². The van der Waals surface area contributed by atoms with Crippen LogP contribution in [0.2, 0.25) is 0 Å². The molecule has 0 atom stereocenters. The second-order valence-corrected chi connectivity index (χ2v) is 4.29. The lowest BCUT2D eigenvalue weighted by atomic mass is 9.82. The molecule has 0 fully saturated rings. The molecule has 2 aromatic carbocycles. The number of nitrogens with two attached hydrogens (primary N) is 1. The Morgan fingerprint density at radius 2 is 1.42 bits per heavy atom. The third-order valence-electron chi connectivity index (χ3n) is 3.18. The molecule has 1 aliphatic carbocycles. The summed E-state index contributed by atoms with van der Waals surface area (Å²) >= 11 is 0. The maximum Gasteiger partial charge on any atom is 0.198 e. The van der Waals surface area contributed by atoms with Gasteiger partial charge in [-0.3, -0.25) is 9.59 Å². The first-order valence-corrected chi connectivity index (χ1v) is 5.55. The van der Waals surface area contributed by atoms with Gasteiger partial charge < -0.3 is 15.9 Å². The number of aromatic hydroxyl groups is 2. The van der Waals surface area contributed by atoms with E-state index >= 15 is 0 Å². The van der Waals surface area contributed by atoms with Crippen molar-refractivity contribution in [3.63, 3.8) is 0 Å². The number of phenols is 2. The summed E-state index contributed by atoms with van der Waals surface area (Å²) in [5, 5.41) is 19.3. The highest BCUT2D eigenvalue weighted by Crippen LogP contribution is 2.41. The topological polar surface area (TPSA) is 101 Å². The first-order chi connectivity index (χ1) is 9.02. The van der Waals surface area contributed by atoms with E-state index in [0.29, 0.717) is 0 Å². The van der Waals surface area contributed by atoms with Crippen LogP contribution in [-0.4, -0.2) is 21.8 Å². The lowest BCUT2D eigenvalue weighted by Gasteiger charge is -2.20. The Bertz CT molecular complexity index is 749. The average Bonchev–Trinajstić information content (AvgIpc) is 2.40. The fourth-order valence-electron chi connectivity index (χ4n) is 2.29. The molecule has 0 aliphatic heterocycles. The van der Waals surface area contributed by atoms with Crippen LogP contribution in [0.4, 0.5) is 5.69 Å². The molecule has 3 rings (SSSR count). The van der Waals surface area contributed by atoms with Gasteiger partial charge in [0.25, 0.3) is 0 Å². The summed E-state index contributed by atoms with van der Waals surface area (Å²) in [5.41, 5.74) is 5.80. The van der Waals surface area contributed by atoms with Crippen molar-refractivity contribution < 1.29 is 19.8 Å². The van der Waals surface area contributed by atoms with E-state index in [2.05, 4.69) is 0 Å². The molecule has 0 aromatic heterocycles. The van der Waals surface area contributed by atoms with Crippen molar-refractivity contribution in [2.24, 2.45) is 0 Å². The van der Waals surface area contributed by atoms with Gasteiger partial charge in [0.05, 0.1) is 11.1 Å². The van der Waals surface area contributed by atoms with Crippen LogP contribution < -0.4 is 5.73 Å². The monoisotopic (exact) mass is 255 g/mol. The van der Waals surface area contributed by atoms with E-state index in [1.54, 1.807) is 12.1 Å². The van der Waals surface area contributed by atoms with Crippen LogP contribution in [0.1, 0.15) is 31.8 Å². The van der Waals surface area contributed by atoms with Crippen molar-refractivity contribution in [2.45, 2.75) is 0 Å². The highest BCUT2D eigenvalue weighted by Gasteiger charge is 2.34. The molecule has 0 radical (unpaired) electrons. The van der Waals surface area contributed by atoms with E-state index in [9.17, 15) is 19.8 Å². The minimum atomic E-state index is -0.614. The number of fused-ring (bicyclic) bond motifs is 2. The molecule has 0 spiro atoms. The molecular formula is C14H9NO4. The normalized spacial score (nSPS) is 13.1. The van der Waals surface area contributed by atoms with Crippen LogP contribution in [0, 0.1) is 0 Å². The van der Waals surface area contributed by atoms with Crippen molar-refractivity contribution in [3.05, 3.63) is 52.6 Å². The molecule has 0 amide bonds. The average molecular weight is 255 g/mol. The zero-order valence-corrected chi connectivity index (χ0v) is 9.68. The molecule has 0 unspecified atom stereocenters. The van der Waals surface area contributed by atoms with Crippen LogP contribution >= 0.6 is 0 Å². The zero-order valence-electron chi connectivity index (χ0n) is 9.68. The first kappa shape index (κ1) is 11.3. The maximum absolute atomic E-state index is 12.3. The zero-order chi connectivity index (χ0) is 13.7. The lowest BCUT2D eigenvalue weighted by Crippen LogP contribution is -2.22. The third kappa shape index (κ3) is 1.35. The Hall–Kier alpha value is -2.82. The van der Waals surface area contributed by atoms with Crippen molar-refractivity contribution in [2.75, 3.05) is 5.73 Å². The number of carbonyl (C=O) groups excluding carboxylic acids is 2. The van der Waals surface area contributed by atoms with E-state index in [0.717, 1.165) is 6.07 Å². The van der Waals surface area contributed by atoms with E-state index in [4.69, 9.17) is 5.73 Å². The molecule has 2 aromatic rings. The summed E-state index contributed by atoms with van der Waals surface area (Å²) in [4.78, 5) is 24.6. The molecule has 5 heteroatoms. The number of hydrogen-bond donors (Lipinski definition) is 3. The highest BCUT2D eigenvalue weighted by molar-refractivity contribution is 6.31. The Balaban J connectivity index is 2.43. The smallest absolute Gasteiger partial charge is 0.198 e. The fraction of sp³-hybridized carbons (Fsp3) is 0. The molecule has 19 heavy (non-hydrogen) atoms. The van der Waals surface area contributed by atoms with Crippen molar-refractivity contribution >= 4 is 17.3 Å². The van der Waals surface area contributed by atoms with Crippen molar-refractivity contribution in [3.8, 4) is 11.5 Å². The highest BCUT2D eigenvalue weighted by atomic mass is 16.3. The number of anilines is 1. The predicted octanol–water partition coefficient (Wildman–Crippen LogP) is 1.46. The predicted molar refractivity (Wildman–Crippen MR) is 67.5 cm³/mol.